The molecule has 1 atom stereocenters. The summed E-state index contributed by atoms with van der Waals surface area (Å²) in [6, 6.07) is 6.15. The van der Waals surface area contributed by atoms with Crippen molar-refractivity contribution in [2.75, 3.05) is 19.6 Å². The van der Waals surface area contributed by atoms with Gasteiger partial charge in [-0.3, -0.25) is 0 Å². The fourth-order valence-electron chi connectivity index (χ4n) is 2.44. The van der Waals surface area contributed by atoms with Crippen LogP contribution in [0.15, 0.2) is 23.1 Å². The molecular weight excluding hydrogens is 298 g/mol. The Morgan fingerprint density at radius 3 is 2.85 bits per heavy atom. The van der Waals surface area contributed by atoms with E-state index in [9.17, 15) is 8.42 Å². The molecule has 0 aromatic heterocycles. The van der Waals surface area contributed by atoms with Crippen molar-refractivity contribution in [1.82, 2.24) is 9.62 Å². The maximum atomic E-state index is 12.8. The second-order valence-electron chi connectivity index (χ2n) is 4.61. The zero-order valence-corrected chi connectivity index (χ0v) is 12.7. The molecule has 1 saturated heterocycles. The number of nitriles is 1. The van der Waals surface area contributed by atoms with Gasteiger partial charge in [-0.15, -0.1) is 0 Å². The van der Waals surface area contributed by atoms with Crippen LogP contribution in [0.4, 0.5) is 0 Å². The summed E-state index contributed by atoms with van der Waals surface area (Å²) in [6.07, 6.45) is 0.773. The highest BCUT2D eigenvalue weighted by molar-refractivity contribution is 7.89. The number of hydrogen-bond acceptors (Lipinski definition) is 4. The minimum absolute atomic E-state index is 0.0127. The Balaban J connectivity index is 2.48. The van der Waals surface area contributed by atoms with E-state index in [1.807, 2.05) is 6.07 Å². The van der Waals surface area contributed by atoms with Gasteiger partial charge in [0.2, 0.25) is 10.0 Å². The number of halogens is 1. The van der Waals surface area contributed by atoms with Crippen LogP contribution in [0, 0.1) is 11.3 Å². The van der Waals surface area contributed by atoms with Gasteiger partial charge in [-0.25, -0.2) is 8.42 Å². The SMILES string of the molecule is CCN(C1CCNC1)S(=O)(=O)c1cc(Cl)ccc1C#N. The standard InChI is InChI=1S/C13H16ClN3O2S/c1-2-17(12-5-6-16-9-12)20(18,19)13-7-11(14)4-3-10(13)8-15/h3-4,7,12,16H,2,5-6,9H2,1H3. The number of rotatable bonds is 4. The molecule has 1 N–H and O–H groups in total. The lowest BCUT2D eigenvalue weighted by molar-refractivity contribution is 0.348. The van der Waals surface area contributed by atoms with Crippen molar-refractivity contribution in [2.45, 2.75) is 24.3 Å². The maximum absolute atomic E-state index is 12.8. The van der Waals surface area contributed by atoms with E-state index in [0.29, 0.717) is 18.1 Å². The Kier molecular flexibility index (Phi) is 4.66. The number of sulfonamides is 1. The second-order valence-corrected chi connectivity index (χ2v) is 6.90. The normalized spacial score (nSPS) is 19.2. The molecule has 0 spiro atoms. The molecule has 1 aromatic rings. The van der Waals surface area contributed by atoms with Crippen molar-refractivity contribution in [3.05, 3.63) is 28.8 Å². The summed E-state index contributed by atoms with van der Waals surface area (Å²) >= 11 is 5.88. The van der Waals surface area contributed by atoms with Gasteiger partial charge in [-0.1, -0.05) is 18.5 Å². The van der Waals surface area contributed by atoms with E-state index in [1.54, 1.807) is 6.92 Å². The van der Waals surface area contributed by atoms with E-state index in [2.05, 4.69) is 5.32 Å². The van der Waals surface area contributed by atoms with Crippen molar-refractivity contribution in [3.63, 3.8) is 0 Å². The molecule has 1 aliphatic rings. The first-order valence-corrected chi connectivity index (χ1v) is 8.24. The Bertz CT molecular complexity index is 634. The van der Waals surface area contributed by atoms with Crippen LogP contribution in [0.25, 0.3) is 0 Å². The van der Waals surface area contributed by atoms with E-state index in [-0.39, 0.29) is 16.5 Å². The molecule has 0 aliphatic carbocycles. The van der Waals surface area contributed by atoms with Gasteiger partial charge in [0, 0.05) is 24.2 Å². The third-order valence-corrected chi connectivity index (χ3v) is 5.71. The number of likely N-dealkylation sites (N-methyl/N-ethyl adjacent to an activating group) is 1. The number of nitrogens with one attached hydrogen (secondary N) is 1. The Hall–Kier alpha value is -1.13. The summed E-state index contributed by atoms with van der Waals surface area (Å²) in [5.41, 5.74) is 0.124. The molecule has 0 bridgehead atoms. The zero-order valence-electron chi connectivity index (χ0n) is 11.1. The summed E-state index contributed by atoms with van der Waals surface area (Å²) in [4.78, 5) is -0.0127. The van der Waals surface area contributed by atoms with Crippen molar-refractivity contribution in [1.29, 1.82) is 5.26 Å². The molecular formula is C13H16ClN3O2S. The summed E-state index contributed by atoms with van der Waals surface area (Å²) in [5, 5.41) is 12.6. The van der Waals surface area contributed by atoms with Gasteiger partial charge in [0.1, 0.15) is 11.0 Å². The van der Waals surface area contributed by atoms with Crippen LogP contribution in [0.5, 0.6) is 0 Å². The predicted octanol–water partition coefficient (Wildman–Crippen LogP) is 1.58. The summed E-state index contributed by atoms with van der Waals surface area (Å²) in [5.74, 6) is 0. The maximum Gasteiger partial charge on any atom is 0.244 e. The molecule has 7 heteroatoms. The average molecular weight is 314 g/mol. The molecule has 5 nitrogen and oxygen atoms in total. The van der Waals surface area contributed by atoms with Crippen LogP contribution >= 0.6 is 11.6 Å². The molecule has 1 aromatic carbocycles. The van der Waals surface area contributed by atoms with E-state index >= 15 is 0 Å². The lowest BCUT2D eigenvalue weighted by Gasteiger charge is -2.26. The van der Waals surface area contributed by atoms with Gasteiger partial charge in [-0.2, -0.15) is 9.57 Å². The van der Waals surface area contributed by atoms with Crippen LogP contribution in [0.3, 0.4) is 0 Å². The largest absolute Gasteiger partial charge is 0.315 e. The second kappa shape index (κ2) is 6.10. The average Bonchev–Trinajstić information content (AvgIpc) is 2.93. The first-order valence-electron chi connectivity index (χ1n) is 6.43. The van der Waals surface area contributed by atoms with E-state index in [4.69, 9.17) is 16.9 Å². The lowest BCUT2D eigenvalue weighted by atomic mass is 10.2. The monoisotopic (exact) mass is 313 g/mol. The first-order chi connectivity index (χ1) is 9.50. The molecule has 108 valence electrons. The fourth-order valence-corrected chi connectivity index (χ4v) is 4.51. The van der Waals surface area contributed by atoms with E-state index in [1.165, 1.54) is 22.5 Å². The van der Waals surface area contributed by atoms with Crippen LogP contribution in [0.1, 0.15) is 18.9 Å². The molecule has 0 radical (unpaired) electrons. The first kappa shape index (κ1) is 15.3. The highest BCUT2D eigenvalue weighted by Gasteiger charge is 2.33. The Morgan fingerprint density at radius 1 is 1.55 bits per heavy atom. The smallest absolute Gasteiger partial charge is 0.244 e. The number of hydrogen-bond donors (Lipinski definition) is 1. The lowest BCUT2D eigenvalue weighted by Crippen LogP contribution is -2.41. The third kappa shape index (κ3) is 2.81. The number of nitrogens with zero attached hydrogens (tertiary/aromatic N) is 2. The number of benzene rings is 1. The fraction of sp³-hybridized carbons (Fsp3) is 0.462. The van der Waals surface area contributed by atoms with Gasteiger partial charge in [-0.05, 0) is 31.2 Å². The predicted molar refractivity (Wildman–Crippen MR) is 77.0 cm³/mol. The molecule has 2 rings (SSSR count). The van der Waals surface area contributed by atoms with Crippen molar-refractivity contribution < 1.29 is 8.42 Å². The van der Waals surface area contributed by atoms with Gasteiger partial charge in [0.25, 0.3) is 0 Å². The Labute approximate surface area is 124 Å². The van der Waals surface area contributed by atoms with Crippen LogP contribution in [-0.4, -0.2) is 38.4 Å². The molecule has 20 heavy (non-hydrogen) atoms. The van der Waals surface area contributed by atoms with Crippen LogP contribution in [0.2, 0.25) is 5.02 Å². The van der Waals surface area contributed by atoms with E-state index < -0.39 is 10.0 Å². The van der Waals surface area contributed by atoms with Gasteiger partial charge >= 0.3 is 0 Å². The molecule has 1 unspecified atom stereocenters. The van der Waals surface area contributed by atoms with Gasteiger partial charge < -0.3 is 5.32 Å². The van der Waals surface area contributed by atoms with Crippen molar-refractivity contribution >= 4 is 21.6 Å². The Morgan fingerprint density at radius 2 is 2.30 bits per heavy atom. The summed E-state index contributed by atoms with van der Waals surface area (Å²) in [6.45, 7) is 3.60. The third-order valence-electron chi connectivity index (χ3n) is 3.40. The zero-order chi connectivity index (χ0) is 14.8. The van der Waals surface area contributed by atoms with Crippen molar-refractivity contribution in [3.8, 4) is 6.07 Å². The molecule has 0 amide bonds. The van der Waals surface area contributed by atoms with E-state index in [0.717, 1.165) is 13.0 Å². The summed E-state index contributed by atoms with van der Waals surface area (Å²) < 4.78 is 27.0. The highest BCUT2D eigenvalue weighted by Crippen LogP contribution is 2.26. The highest BCUT2D eigenvalue weighted by atomic mass is 35.5. The molecule has 1 aliphatic heterocycles. The van der Waals surface area contributed by atoms with Crippen LogP contribution in [-0.2, 0) is 10.0 Å². The molecule has 0 saturated carbocycles. The molecule has 1 heterocycles. The van der Waals surface area contributed by atoms with Gasteiger partial charge in [0.15, 0.2) is 0 Å². The topological polar surface area (TPSA) is 73.2 Å². The van der Waals surface area contributed by atoms with Gasteiger partial charge in [0.05, 0.1) is 5.56 Å². The minimum atomic E-state index is -3.71. The molecule has 1 fully saturated rings. The quantitative estimate of drug-likeness (QED) is 0.916. The van der Waals surface area contributed by atoms with Crippen molar-refractivity contribution in [2.24, 2.45) is 0 Å². The summed E-state index contributed by atoms with van der Waals surface area (Å²) in [7, 11) is -3.71. The minimum Gasteiger partial charge on any atom is -0.315 e. The van der Waals surface area contributed by atoms with Crippen LogP contribution < -0.4 is 5.32 Å².